The van der Waals surface area contributed by atoms with Crippen LogP contribution in [0.1, 0.15) is 6.92 Å². The summed E-state index contributed by atoms with van der Waals surface area (Å²) in [5.74, 6) is 0.142. The van der Waals surface area contributed by atoms with Crippen LogP contribution < -0.4 is 5.73 Å². The molecule has 2 N–H and O–H groups in total. The molecule has 0 amide bonds. The Labute approximate surface area is 92.5 Å². The lowest BCUT2D eigenvalue weighted by atomic mass is 10.0. The standard InChI is InChI=1S/C9H22N2O3S/c1-9(7-10,8-14-3)11(2)5-6-15(4,12)13/h5-8,10H2,1-4H3. The summed E-state index contributed by atoms with van der Waals surface area (Å²) in [6.45, 7) is 3.35. The molecule has 5 nitrogen and oxygen atoms in total. The summed E-state index contributed by atoms with van der Waals surface area (Å²) in [4.78, 5) is 1.93. The first kappa shape index (κ1) is 14.8. The Bertz CT molecular complexity index is 279. The number of nitrogens with two attached hydrogens (primary N) is 1. The summed E-state index contributed by atoms with van der Waals surface area (Å²) in [5, 5.41) is 0. The second-order valence-electron chi connectivity index (χ2n) is 4.19. The van der Waals surface area contributed by atoms with E-state index in [2.05, 4.69) is 0 Å². The highest BCUT2D eigenvalue weighted by Gasteiger charge is 2.27. The Morgan fingerprint density at radius 3 is 2.33 bits per heavy atom. The summed E-state index contributed by atoms with van der Waals surface area (Å²) < 4.78 is 27.1. The quantitative estimate of drug-likeness (QED) is 0.636. The van der Waals surface area contributed by atoms with E-state index in [4.69, 9.17) is 10.5 Å². The van der Waals surface area contributed by atoms with Gasteiger partial charge >= 0.3 is 0 Å². The van der Waals surface area contributed by atoms with Crippen LogP contribution in [0.4, 0.5) is 0 Å². The van der Waals surface area contributed by atoms with Gasteiger partial charge < -0.3 is 10.5 Å². The van der Waals surface area contributed by atoms with Gasteiger partial charge in [-0.05, 0) is 14.0 Å². The van der Waals surface area contributed by atoms with Crippen LogP contribution in [0, 0.1) is 0 Å². The molecule has 6 heteroatoms. The zero-order valence-electron chi connectivity index (χ0n) is 9.99. The third-order valence-corrected chi connectivity index (χ3v) is 3.54. The fraction of sp³-hybridized carbons (Fsp3) is 1.00. The summed E-state index contributed by atoms with van der Waals surface area (Å²) in [6.07, 6.45) is 1.23. The normalized spacial score (nSPS) is 16.7. The fourth-order valence-corrected chi connectivity index (χ4v) is 1.81. The van der Waals surface area contributed by atoms with Crippen molar-refractivity contribution in [2.24, 2.45) is 5.73 Å². The van der Waals surface area contributed by atoms with Gasteiger partial charge in [0, 0.05) is 26.5 Å². The van der Waals surface area contributed by atoms with Gasteiger partial charge in [0.1, 0.15) is 9.84 Å². The zero-order valence-corrected chi connectivity index (χ0v) is 10.8. The molecule has 0 saturated heterocycles. The monoisotopic (exact) mass is 238 g/mol. The summed E-state index contributed by atoms with van der Waals surface area (Å²) in [5.41, 5.74) is 5.36. The maximum atomic E-state index is 11.0. The Morgan fingerprint density at radius 2 is 2.00 bits per heavy atom. The molecule has 0 bridgehead atoms. The molecule has 0 fully saturated rings. The molecule has 15 heavy (non-hydrogen) atoms. The van der Waals surface area contributed by atoms with Crippen molar-refractivity contribution in [3.05, 3.63) is 0 Å². The van der Waals surface area contributed by atoms with Crippen molar-refractivity contribution in [3.8, 4) is 0 Å². The highest BCUT2D eigenvalue weighted by molar-refractivity contribution is 7.90. The van der Waals surface area contributed by atoms with Crippen LogP contribution >= 0.6 is 0 Å². The average Bonchev–Trinajstić information content (AvgIpc) is 2.13. The molecule has 0 saturated carbocycles. The predicted molar refractivity (Wildman–Crippen MR) is 61.7 cm³/mol. The smallest absolute Gasteiger partial charge is 0.148 e. The molecule has 0 aliphatic rings. The van der Waals surface area contributed by atoms with Crippen LogP contribution in [0.15, 0.2) is 0 Å². The third kappa shape index (κ3) is 5.46. The molecule has 0 aromatic heterocycles. The van der Waals surface area contributed by atoms with Crippen molar-refractivity contribution in [3.63, 3.8) is 0 Å². The second kappa shape index (κ2) is 5.79. The van der Waals surface area contributed by atoms with Gasteiger partial charge in [0.2, 0.25) is 0 Å². The number of ether oxygens (including phenoxy) is 1. The first-order valence-electron chi connectivity index (χ1n) is 4.83. The van der Waals surface area contributed by atoms with E-state index in [1.165, 1.54) is 6.26 Å². The molecule has 0 aromatic carbocycles. The summed E-state index contributed by atoms with van der Waals surface area (Å²) in [6, 6.07) is 0. The minimum absolute atomic E-state index is 0.142. The number of rotatable bonds is 7. The molecule has 0 rings (SSSR count). The molecule has 0 radical (unpaired) electrons. The van der Waals surface area contributed by atoms with Crippen molar-refractivity contribution in [1.29, 1.82) is 0 Å². The van der Waals surface area contributed by atoms with Gasteiger partial charge in [0.05, 0.1) is 17.9 Å². The van der Waals surface area contributed by atoms with Crippen molar-refractivity contribution in [2.45, 2.75) is 12.5 Å². The third-order valence-electron chi connectivity index (χ3n) is 2.61. The van der Waals surface area contributed by atoms with Gasteiger partial charge in [0.15, 0.2) is 0 Å². The van der Waals surface area contributed by atoms with Crippen LogP contribution in [0.5, 0.6) is 0 Å². The van der Waals surface area contributed by atoms with E-state index < -0.39 is 9.84 Å². The second-order valence-corrected chi connectivity index (χ2v) is 6.45. The molecule has 0 spiro atoms. The topological polar surface area (TPSA) is 72.6 Å². The molecule has 1 unspecified atom stereocenters. The SMILES string of the molecule is COCC(C)(CN)N(C)CCS(C)(=O)=O. The Kier molecular flexibility index (Phi) is 5.72. The summed E-state index contributed by atoms with van der Waals surface area (Å²) in [7, 11) is 0.542. The molecule has 0 aliphatic heterocycles. The molecule has 92 valence electrons. The van der Waals surface area contributed by atoms with Gasteiger partial charge in [-0.25, -0.2) is 8.42 Å². The highest BCUT2D eigenvalue weighted by Crippen LogP contribution is 2.11. The number of likely N-dealkylation sites (N-methyl/N-ethyl adjacent to an activating group) is 1. The van der Waals surface area contributed by atoms with Crippen LogP contribution in [-0.4, -0.2) is 64.7 Å². The first-order valence-corrected chi connectivity index (χ1v) is 6.89. The Morgan fingerprint density at radius 1 is 1.47 bits per heavy atom. The molecule has 1 atom stereocenters. The lowest BCUT2D eigenvalue weighted by molar-refractivity contribution is 0.0473. The molecule has 0 aromatic rings. The van der Waals surface area contributed by atoms with Gasteiger partial charge in [-0.1, -0.05) is 0 Å². The number of nitrogens with zero attached hydrogens (tertiary/aromatic N) is 1. The number of hydrogen-bond donors (Lipinski definition) is 1. The van der Waals surface area contributed by atoms with E-state index in [-0.39, 0.29) is 11.3 Å². The molecular formula is C9H22N2O3S. The lowest BCUT2D eigenvalue weighted by Gasteiger charge is -2.37. The van der Waals surface area contributed by atoms with Gasteiger partial charge in [-0.2, -0.15) is 0 Å². The van der Waals surface area contributed by atoms with Gasteiger partial charge in [0.25, 0.3) is 0 Å². The Hall–Kier alpha value is -0.170. The largest absolute Gasteiger partial charge is 0.383 e. The van der Waals surface area contributed by atoms with E-state index in [0.717, 1.165) is 0 Å². The number of hydrogen-bond acceptors (Lipinski definition) is 5. The molecular weight excluding hydrogens is 216 g/mol. The van der Waals surface area contributed by atoms with E-state index >= 15 is 0 Å². The zero-order chi connectivity index (χ0) is 12.1. The maximum absolute atomic E-state index is 11.0. The van der Waals surface area contributed by atoms with Crippen LogP contribution in [0.2, 0.25) is 0 Å². The minimum Gasteiger partial charge on any atom is -0.383 e. The summed E-state index contributed by atoms with van der Waals surface area (Å²) >= 11 is 0. The number of sulfone groups is 1. The van der Waals surface area contributed by atoms with E-state index in [9.17, 15) is 8.42 Å². The predicted octanol–water partition coefficient (Wildman–Crippen LogP) is -0.673. The minimum atomic E-state index is -2.93. The van der Waals surface area contributed by atoms with Crippen LogP contribution in [-0.2, 0) is 14.6 Å². The van der Waals surface area contributed by atoms with Crippen molar-refractivity contribution < 1.29 is 13.2 Å². The van der Waals surface area contributed by atoms with Crippen molar-refractivity contribution in [2.75, 3.05) is 45.9 Å². The van der Waals surface area contributed by atoms with E-state index in [1.54, 1.807) is 7.11 Å². The van der Waals surface area contributed by atoms with E-state index in [0.29, 0.717) is 19.7 Å². The van der Waals surface area contributed by atoms with E-state index in [1.807, 2.05) is 18.9 Å². The average molecular weight is 238 g/mol. The Balaban J connectivity index is 4.33. The molecule has 0 aliphatic carbocycles. The van der Waals surface area contributed by atoms with Crippen molar-refractivity contribution in [1.82, 2.24) is 4.90 Å². The van der Waals surface area contributed by atoms with Gasteiger partial charge in [-0.3, -0.25) is 4.90 Å². The lowest BCUT2D eigenvalue weighted by Crippen LogP contribution is -2.54. The fourth-order valence-electron chi connectivity index (χ4n) is 1.21. The number of methoxy groups -OCH3 is 1. The van der Waals surface area contributed by atoms with Crippen molar-refractivity contribution >= 4 is 9.84 Å². The molecule has 0 heterocycles. The van der Waals surface area contributed by atoms with Crippen LogP contribution in [0.25, 0.3) is 0 Å². The highest BCUT2D eigenvalue weighted by atomic mass is 32.2. The van der Waals surface area contributed by atoms with Gasteiger partial charge in [-0.15, -0.1) is 0 Å². The van der Waals surface area contributed by atoms with Crippen LogP contribution in [0.3, 0.4) is 0 Å². The maximum Gasteiger partial charge on any atom is 0.148 e. The first-order chi connectivity index (χ1) is 6.75.